The van der Waals surface area contributed by atoms with Crippen LogP contribution in [0.5, 0.6) is 0 Å². The zero-order chi connectivity index (χ0) is 15.4. The molecule has 0 saturated carbocycles. The molecule has 2 N–H and O–H groups in total. The van der Waals surface area contributed by atoms with Crippen LogP contribution in [0, 0.1) is 11.8 Å². The Balaban J connectivity index is 2.42. The molecule has 0 saturated heterocycles. The van der Waals surface area contributed by atoms with Gasteiger partial charge in [0.2, 0.25) is 0 Å². The number of nitrogen functional groups attached to an aromatic ring is 1. The molecule has 0 atom stereocenters. The van der Waals surface area contributed by atoms with Gasteiger partial charge in [-0.1, -0.05) is 52.0 Å². The van der Waals surface area contributed by atoms with Gasteiger partial charge in [-0.15, -0.1) is 23.5 Å². The fourth-order valence-corrected chi connectivity index (χ4v) is 4.19. The molecule has 2 rings (SSSR count). The Morgan fingerprint density at radius 3 is 1.95 bits per heavy atom. The Morgan fingerprint density at radius 2 is 1.38 bits per heavy atom. The van der Waals surface area contributed by atoms with E-state index in [1.54, 1.807) is 0 Å². The highest BCUT2D eigenvalue weighted by Gasteiger charge is 2.11. The average Bonchev–Trinajstić information content (AvgIpc) is 2.45. The quantitative estimate of drug-likeness (QED) is 0.529. The van der Waals surface area contributed by atoms with Gasteiger partial charge >= 0.3 is 0 Å². The third-order valence-corrected chi connectivity index (χ3v) is 6.12. The Kier molecular flexibility index (Phi) is 5.88. The van der Waals surface area contributed by atoms with E-state index in [1.807, 2.05) is 23.5 Å². The van der Waals surface area contributed by atoms with E-state index in [0.717, 1.165) is 17.2 Å². The maximum absolute atomic E-state index is 6.40. The molecule has 3 heteroatoms. The van der Waals surface area contributed by atoms with Crippen molar-refractivity contribution < 1.29 is 0 Å². The zero-order valence-corrected chi connectivity index (χ0v) is 15.0. The molecule has 0 aliphatic carbocycles. The van der Waals surface area contributed by atoms with Crippen molar-refractivity contribution >= 4 is 40.0 Å². The first kappa shape index (κ1) is 16.6. The number of fused-ring (bicyclic) bond motifs is 1. The van der Waals surface area contributed by atoms with Crippen molar-refractivity contribution in [2.75, 3.05) is 17.2 Å². The van der Waals surface area contributed by atoms with Crippen molar-refractivity contribution in [2.45, 2.75) is 37.5 Å². The van der Waals surface area contributed by atoms with E-state index in [0.29, 0.717) is 11.8 Å². The maximum atomic E-state index is 6.40. The summed E-state index contributed by atoms with van der Waals surface area (Å²) in [6.45, 7) is 9.03. The molecular weight excluding hydrogens is 294 g/mol. The third kappa shape index (κ3) is 4.33. The molecular formula is C18H25NS2. The van der Waals surface area contributed by atoms with E-state index >= 15 is 0 Å². The van der Waals surface area contributed by atoms with E-state index < -0.39 is 0 Å². The van der Waals surface area contributed by atoms with Crippen molar-refractivity contribution in [1.29, 1.82) is 0 Å². The van der Waals surface area contributed by atoms with Crippen LogP contribution < -0.4 is 5.73 Å². The van der Waals surface area contributed by atoms with E-state index in [9.17, 15) is 0 Å². The van der Waals surface area contributed by atoms with Gasteiger partial charge in [-0.2, -0.15) is 0 Å². The van der Waals surface area contributed by atoms with E-state index in [2.05, 4.69) is 58.0 Å². The zero-order valence-electron chi connectivity index (χ0n) is 13.3. The molecule has 21 heavy (non-hydrogen) atoms. The second kappa shape index (κ2) is 7.46. The van der Waals surface area contributed by atoms with E-state index in [-0.39, 0.29) is 0 Å². The highest BCUT2D eigenvalue weighted by Crippen LogP contribution is 2.39. The molecule has 1 nitrogen and oxygen atoms in total. The first-order chi connectivity index (χ1) is 9.99. The molecule has 0 heterocycles. The Morgan fingerprint density at radius 1 is 0.857 bits per heavy atom. The van der Waals surface area contributed by atoms with Crippen molar-refractivity contribution in [2.24, 2.45) is 11.8 Å². The number of thioether (sulfide) groups is 2. The van der Waals surface area contributed by atoms with Crippen molar-refractivity contribution in [3.8, 4) is 0 Å². The first-order valence-corrected chi connectivity index (χ1v) is 9.53. The standard InChI is InChI=1S/C18H25NS2/c1-12(2)10-20-16-9-17(21-11-13(3)4)18(19)15-8-6-5-7-14(15)16/h5-9,12-13H,10-11,19H2,1-4H3. The van der Waals surface area contributed by atoms with E-state index in [1.165, 1.54) is 20.6 Å². The third-order valence-electron chi connectivity index (χ3n) is 3.15. The lowest BCUT2D eigenvalue weighted by Crippen LogP contribution is -1.97. The Bertz CT molecular complexity index is 605. The lowest BCUT2D eigenvalue weighted by molar-refractivity contribution is 0.750. The van der Waals surface area contributed by atoms with Crippen molar-refractivity contribution in [3.63, 3.8) is 0 Å². The highest BCUT2D eigenvalue weighted by molar-refractivity contribution is 8.00. The normalized spacial score (nSPS) is 11.7. The molecule has 0 fully saturated rings. The molecule has 0 unspecified atom stereocenters. The van der Waals surface area contributed by atoms with Gasteiger partial charge in [-0.25, -0.2) is 0 Å². The molecule has 114 valence electrons. The monoisotopic (exact) mass is 319 g/mol. The number of hydrogen-bond acceptors (Lipinski definition) is 3. The predicted octanol–water partition coefficient (Wildman–Crippen LogP) is 5.92. The summed E-state index contributed by atoms with van der Waals surface area (Å²) < 4.78 is 0. The van der Waals surface area contributed by atoms with Crippen LogP contribution in [0.1, 0.15) is 27.7 Å². The maximum Gasteiger partial charge on any atom is 0.0532 e. The smallest absolute Gasteiger partial charge is 0.0532 e. The predicted molar refractivity (Wildman–Crippen MR) is 99.5 cm³/mol. The van der Waals surface area contributed by atoms with Crippen LogP contribution in [0.3, 0.4) is 0 Å². The van der Waals surface area contributed by atoms with Crippen LogP contribution in [0.2, 0.25) is 0 Å². The molecule has 0 aliphatic rings. The number of nitrogens with two attached hydrogens (primary N) is 1. The molecule has 0 aromatic heterocycles. The van der Waals surface area contributed by atoms with Gasteiger partial charge in [0.05, 0.1) is 5.69 Å². The van der Waals surface area contributed by atoms with Gasteiger partial charge in [0, 0.05) is 26.7 Å². The number of hydrogen-bond donors (Lipinski definition) is 1. The molecule has 0 spiro atoms. The van der Waals surface area contributed by atoms with Crippen molar-refractivity contribution in [1.82, 2.24) is 0 Å². The highest BCUT2D eigenvalue weighted by atomic mass is 32.2. The lowest BCUT2D eigenvalue weighted by atomic mass is 10.1. The summed E-state index contributed by atoms with van der Waals surface area (Å²) in [6.07, 6.45) is 0. The Labute approximate surface area is 137 Å². The average molecular weight is 320 g/mol. The number of rotatable bonds is 6. The molecule has 2 aromatic rings. The van der Waals surface area contributed by atoms with Crippen LogP contribution in [0.25, 0.3) is 10.8 Å². The summed E-state index contributed by atoms with van der Waals surface area (Å²) in [7, 11) is 0. The minimum absolute atomic E-state index is 0.674. The van der Waals surface area contributed by atoms with Crippen molar-refractivity contribution in [3.05, 3.63) is 30.3 Å². The SMILES string of the molecule is CC(C)CSc1cc(SCC(C)C)c2ccccc2c1N. The van der Waals surface area contributed by atoms with Gasteiger partial charge in [-0.3, -0.25) is 0 Å². The summed E-state index contributed by atoms with van der Waals surface area (Å²) in [5.41, 5.74) is 7.34. The van der Waals surface area contributed by atoms with Gasteiger partial charge in [0.1, 0.15) is 0 Å². The van der Waals surface area contributed by atoms with Gasteiger partial charge in [-0.05, 0) is 23.3 Å². The van der Waals surface area contributed by atoms with Crippen LogP contribution in [0.4, 0.5) is 5.69 Å². The fourth-order valence-electron chi connectivity index (χ4n) is 2.09. The summed E-state index contributed by atoms with van der Waals surface area (Å²) in [5.74, 6) is 3.62. The molecule has 0 amide bonds. The van der Waals surface area contributed by atoms with Gasteiger partial charge in [0.25, 0.3) is 0 Å². The molecule has 0 radical (unpaired) electrons. The molecule has 0 bridgehead atoms. The van der Waals surface area contributed by atoms with Crippen LogP contribution in [0.15, 0.2) is 40.1 Å². The first-order valence-electron chi connectivity index (χ1n) is 7.55. The minimum atomic E-state index is 0.674. The van der Waals surface area contributed by atoms with Crippen LogP contribution in [-0.2, 0) is 0 Å². The minimum Gasteiger partial charge on any atom is -0.397 e. The van der Waals surface area contributed by atoms with Crippen LogP contribution in [-0.4, -0.2) is 11.5 Å². The fraction of sp³-hybridized carbons (Fsp3) is 0.444. The van der Waals surface area contributed by atoms with Gasteiger partial charge in [0.15, 0.2) is 0 Å². The summed E-state index contributed by atoms with van der Waals surface area (Å²) in [6, 6.07) is 10.8. The Hall–Kier alpha value is -0.800. The summed E-state index contributed by atoms with van der Waals surface area (Å²) >= 11 is 3.83. The largest absolute Gasteiger partial charge is 0.397 e. The number of benzene rings is 2. The van der Waals surface area contributed by atoms with Gasteiger partial charge < -0.3 is 5.73 Å². The number of anilines is 1. The van der Waals surface area contributed by atoms with E-state index in [4.69, 9.17) is 5.73 Å². The second-order valence-corrected chi connectivity index (χ2v) is 8.37. The molecule has 2 aromatic carbocycles. The van der Waals surface area contributed by atoms with Crippen LogP contribution >= 0.6 is 23.5 Å². The molecule has 0 aliphatic heterocycles. The lowest BCUT2D eigenvalue weighted by Gasteiger charge is -2.15. The topological polar surface area (TPSA) is 26.0 Å². The second-order valence-electron chi connectivity index (χ2n) is 6.24. The summed E-state index contributed by atoms with van der Waals surface area (Å²) in [4.78, 5) is 2.59. The summed E-state index contributed by atoms with van der Waals surface area (Å²) in [5, 5.41) is 2.48.